The van der Waals surface area contributed by atoms with Crippen LogP contribution in [0.2, 0.25) is 0 Å². The summed E-state index contributed by atoms with van der Waals surface area (Å²) >= 11 is 0. The Labute approximate surface area is 158 Å². The van der Waals surface area contributed by atoms with Gasteiger partial charge in [-0.25, -0.2) is 4.98 Å². The Balaban J connectivity index is 2.10. The fourth-order valence-electron chi connectivity index (χ4n) is 2.85. The molecule has 2 heterocycles. The maximum atomic E-state index is 12.7. The first-order chi connectivity index (χ1) is 13.0. The second-order valence-corrected chi connectivity index (χ2v) is 6.61. The smallest absolute Gasteiger partial charge is 0.251 e. The van der Waals surface area contributed by atoms with E-state index >= 15 is 0 Å². The van der Waals surface area contributed by atoms with Crippen molar-refractivity contribution in [3.8, 4) is 16.9 Å². The van der Waals surface area contributed by atoms with Gasteiger partial charge in [0.25, 0.3) is 5.91 Å². The summed E-state index contributed by atoms with van der Waals surface area (Å²) in [5.74, 6) is 0.684. The summed E-state index contributed by atoms with van der Waals surface area (Å²) in [4.78, 5) is 21.5. The molecule has 140 valence electrons. The van der Waals surface area contributed by atoms with Crippen LogP contribution in [0.25, 0.3) is 16.9 Å². The molecule has 1 amide bonds. The highest BCUT2D eigenvalue weighted by molar-refractivity contribution is 5.96. The number of rotatable bonds is 6. The predicted octanol–water partition coefficient (Wildman–Crippen LogP) is 2.92. The highest BCUT2D eigenvalue weighted by Crippen LogP contribution is 2.24. The van der Waals surface area contributed by atoms with Crippen LogP contribution in [0, 0.1) is 6.92 Å². The number of aliphatic hydroxyl groups is 1. The van der Waals surface area contributed by atoms with E-state index in [-0.39, 0.29) is 18.6 Å². The quantitative estimate of drug-likeness (QED) is 0.705. The molecule has 2 N–H and O–H groups in total. The highest BCUT2D eigenvalue weighted by atomic mass is 16.3. The summed E-state index contributed by atoms with van der Waals surface area (Å²) in [6.07, 6.45) is 6.23. The topological polar surface area (TPSA) is 80.0 Å². The highest BCUT2D eigenvalue weighted by Gasteiger charge is 2.14. The minimum absolute atomic E-state index is 0.112. The van der Waals surface area contributed by atoms with E-state index in [0.717, 1.165) is 34.8 Å². The van der Waals surface area contributed by atoms with Crippen LogP contribution in [0.3, 0.4) is 0 Å². The Morgan fingerprint density at radius 3 is 2.74 bits per heavy atom. The molecule has 0 spiro atoms. The van der Waals surface area contributed by atoms with E-state index < -0.39 is 0 Å². The number of aromatic nitrogens is 3. The number of hydrogen-bond acceptors (Lipinski definition) is 4. The van der Waals surface area contributed by atoms with E-state index in [9.17, 15) is 9.90 Å². The Morgan fingerprint density at radius 1 is 1.26 bits per heavy atom. The summed E-state index contributed by atoms with van der Waals surface area (Å²) in [5.41, 5.74) is 4.09. The van der Waals surface area contributed by atoms with Gasteiger partial charge < -0.3 is 15.0 Å². The number of nitrogens with zero attached hydrogens (tertiary/aromatic N) is 3. The van der Waals surface area contributed by atoms with Crippen molar-refractivity contribution in [1.82, 2.24) is 19.9 Å². The lowest BCUT2D eigenvalue weighted by Crippen LogP contribution is -2.35. The number of aryl methyl sites for hydroxylation is 2. The van der Waals surface area contributed by atoms with E-state index in [0.29, 0.717) is 5.56 Å². The summed E-state index contributed by atoms with van der Waals surface area (Å²) < 4.78 is 1.98. The maximum Gasteiger partial charge on any atom is 0.251 e. The molecule has 0 saturated heterocycles. The van der Waals surface area contributed by atoms with Crippen molar-refractivity contribution in [1.29, 1.82) is 0 Å². The molecule has 0 radical (unpaired) electrons. The second kappa shape index (κ2) is 8.14. The Kier molecular flexibility index (Phi) is 5.66. The molecule has 1 unspecified atom stereocenters. The number of benzene rings is 1. The van der Waals surface area contributed by atoms with Crippen LogP contribution in [-0.2, 0) is 6.42 Å². The van der Waals surface area contributed by atoms with Gasteiger partial charge in [-0.3, -0.25) is 9.78 Å². The number of pyridine rings is 1. The molecule has 0 saturated carbocycles. The van der Waals surface area contributed by atoms with E-state index in [2.05, 4.69) is 15.3 Å². The number of carbonyl (C=O) groups excluding carboxylic acids is 1. The van der Waals surface area contributed by atoms with Crippen LogP contribution in [0.4, 0.5) is 0 Å². The number of aliphatic hydroxyl groups excluding tert-OH is 1. The van der Waals surface area contributed by atoms with Crippen molar-refractivity contribution in [3.05, 3.63) is 65.9 Å². The number of amides is 1. The largest absolute Gasteiger partial charge is 0.394 e. The van der Waals surface area contributed by atoms with E-state index in [4.69, 9.17) is 0 Å². The van der Waals surface area contributed by atoms with E-state index in [1.165, 1.54) is 0 Å². The third kappa shape index (κ3) is 4.23. The molecular formula is C21H24N4O2. The number of nitrogens with one attached hydrogen (secondary N) is 1. The van der Waals surface area contributed by atoms with Crippen molar-refractivity contribution in [2.45, 2.75) is 33.2 Å². The molecule has 1 atom stereocenters. The van der Waals surface area contributed by atoms with Gasteiger partial charge in [-0.05, 0) is 43.7 Å². The number of hydrogen-bond donors (Lipinski definition) is 2. The minimum atomic E-state index is -0.318. The number of carbonyl (C=O) groups is 1. The molecule has 27 heavy (non-hydrogen) atoms. The fraction of sp³-hybridized carbons (Fsp3) is 0.286. The molecule has 3 aromatic rings. The first kappa shape index (κ1) is 18.8. The molecule has 6 heteroatoms. The standard InChI is InChI=1S/C21H24N4O2/c1-4-20-22-7-8-25(20)18-10-16(19-6-5-14(2)12-23-19)9-17(11-18)21(27)24-15(3)13-26/h5-12,15,26H,4,13H2,1-3H3,(H,24,27). The Bertz CT molecular complexity index is 932. The normalized spacial score (nSPS) is 12.0. The molecule has 0 fully saturated rings. The lowest BCUT2D eigenvalue weighted by atomic mass is 10.0. The van der Waals surface area contributed by atoms with Crippen molar-refractivity contribution in [2.24, 2.45) is 0 Å². The summed E-state index contributed by atoms with van der Waals surface area (Å²) in [7, 11) is 0. The zero-order chi connectivity index (χ0) is 19.4. The molecule has 0 aliphatic rings. The first-order valence-electron chi connectivity index (χ1n) is 9.04. The Morgan fingerprint density at radius 2 is 2.07 bits per heavy atom. The Hall–Kier alpha value is -2.99. The van der Waals surface area contributed by atoms with Gasteiger partial charge in [-0.1, -0.05) is 13.0 Å². The monoisotopic (exact) mass is 364 g/mol. The molecule has 2 aromatic heterocycles. The van der Waals surface area contributed by atoms with Gasteiger partial charge in [0, 0.05) is 47.9 Å². The molecule has 6 nitrogen and oxygen atoms in total. The van der Waals surface area contributed by atoms with Gasteiger partial charge in [0.1, 0.15) is 5.82 Å². The summed E-state index contributed by atoms with van der Waals surface area (Å²) in [6, 6.07) is 9.28. The van der Waals surface area contributed by atoms with Crippen LogP contribution in [0.1, 0.15) is 35.6 Å². The van der Waals surface area contributed by atoms with Gasteiger partial charge in [0.05, 0.1) is 12.3 Å². The second-order valence-electron chi connectivity index (χ2n) is 6.61. The molecule has 0 bridgehead atoms. The van der Waals surface area contributed by atoms with Crippen LogP contribution in [0.5, 0.6) is 0 Å². The van der Waals surface area contributed by atoms with Crippen LogP contribution in [0.15, 0.2) is 48.9 Å². The number of imidazole rings is 1. The SMILES string of the molecule is CCc1nccn1-c1cc(C(=O)NC(C)CO)cc(-c2ccc(C)cn2)c1. The van der Waals surface area contributed by atoms with Crippen LogP contribution < -0.4 is 5.32 Å². The minimum Gasteiger partial charge on any atom is -0.394 e. The lowest BCUT2D eigenvalue weighted by molar-refractivity contribution is 0.0922. The van der Waals surface area contributed by atoms with E-state index in [1.807, 2.05) is 61.1 Å². The fourth-order valence-corrected chi connectivity index (χ4v) is 2.85. The van der Waals surface area contributed by atoms with Crippen LogP contribution in [-0.4, -0.2) is 38.2 Å². The van der Waals surface area contributed by atoms with E-state index in [1.54, 1.807) is 13.1 Å². The average molecular weight is 364 g/mol. The average Bonchev–Trinajstić information content (AvgIpc) is 3.17. The first-order valence-corrected chi connectivity index (χ1v) is 9.04. The van der Waals surface area contributed by atoms with Crippen molar-refractivity contribution in [2.75, 3.05) is 6.61 Å². The zero-order valence-corrected chi connectivity index (χ0v) is 15.8. The van der Waals surface area contributed by atoms with Gasteiger partial charge in [-0.2, -0.15) is 0 Å². The van der Waals surface area contributed by atoms with Gasteiger partial charge in [0.15, 0.2) is 0 Å². The summed E-state index contributed by atoms with van der Waals surface area (Å²) in [5, 5.41) is 12.0. The maximum absolute atomic E-state index is 12.7. The van der Waals surface area contributed by atoms with Crippen molar-refractivity contribution in [3.63, 3.8) is 0 Å². The van der Waals surface area contributed by atoms with Crippen molar-refractivity contribution >= 4 is 5.91 Å². The zero-order valence-electron chi connectivity index (χ0n) is 15.8. The summed E-state index contributed by atoms with van der Waals surface area (Å²) in [6.45, 7) is 5.68. The molecule has 3 rings (SSSR count). The molecule has 0 aliphatic heterocycles. The van der Waals surface area contributed by atoms with Crippen LogP contribution >= 0.6 is 0 Å². The molecule has 1 aromatic carbocycles. The lowest BCUT2D eigenvalue weighted by Gasteiger charge is -2.14. The predicted molar refractivity (Wildman–Crippen MR) is 105 cm³/mol. The van der Waals surface area contributed by atoms with Gasteiger partial charge in [0.2, 0.25) is 0 Å². The molecular weight excluding hydrogens is 340 g/mol. The third-order valence-electron chi connectivity index (χ3n) is 4.35. The third-order valence-corrected chi connectivity index (χ3v) is 4.35. The van der Waals surface area contributed by atoms with Crippen molar-refractivity contribution < 1.29 is 9.90 Å². The van der Waals surface area contributed by atoms with Gasteiger partial charge >= 0.3 is 0 Å². The molecule has 0 aliphatic carbocycles. The van der Waals surface area contributed by atoms with Gasteiger partial charge in [-0.15, -0.1) is 0 Å².